The lowest BCUT2D eigenvalue weighted by Crippen LogP contribution is -2.15. The molecule has 0 saturated heterocycles. The minimum absolute atomic E-state index is 0.287. The molecule has 0 atom stereocenters. The summed E-state index contributed by atoms with van der Waals surface area (Å²) in [5.74, 6) is 1.04. The Bertz CT molecular complexity index is 794. The molecule has 21 heavy (non-hydrogen) atoms. The molecule has 3 aromatic rings. The number of anilines is 1. The summed E-state index contributed by atoms with van der Waals surface area (Å²) in [5, 5.41) is 4.98. The summed E-state index contributed by atoms with van der Waals surface area (Å²) in [6.07, 6.45) is 1.65. The molecule has 0 saturated carbocycles. The molecule has 5 nitrogen and oxygen atoms in total. The Hall–Kier alpha value is -2.50. The summed E-state index contributed by atoms with van der Waals surface area (Å²) in [6, 6.07) is 6.55. The van der Waals surface area contributed by atoms with Gasteiger partial charge < -0.3 is 4.90 Å². The molecule has 0 radical (unpaired) electrons. The number of halogens is 1. The Morgan fingerprint density at radius 3 is 2.71 bits per heavy atom. The maximum atomic E-state index is 13.9. The van der Waals surface area contributed by atoms with Gasteiger partial charge in [-0.3, -0.25) is 4.98 Å². The fraction of sp³-hybridized carbons (Fsp3) is 0.267. The van der Waals surface area contributed by atoms with Crippen molar-refractivity contribution in [3.63, 3.8) is 0 Å². The van der Waals surface area contributed by atoms with Crippen molar-refractivity contribution in [1.82, 2.24) is 19.7 Å². The van der Waals surface area contributed by atoms with Crippen molar-refractivity contribution < 1.29 is 4.39 Å². The van der Waals surface area contributed by atoms with E-state index in [1.54, 1.807) is 24.4 Å². The molecule has 0 spiro atoms. The Morgan fingerprint density at radius 1 is 1.24 bits per heavy atom. The summed E-state index contributed by atoms with van der Waals surface area (Å²) < 4.78 is 15.7. The molecule has 108 valence electrons. The predicted octanol–water partition coefficient (Wildman–Crippen LogP) is 2.72. The number of hydrogen-bond acceptors (Lipinski definition) is 4. The first-order chi connectivity index (χ1) is 10.1. The van der Waals surface area contributed by atoms with E-state index in [1.165, 1.54) is 6.07 Å². The molecule has 3 rings (SSSR count). The first-order valence-corrected chi connectivity index (χ1v) is 6.77. The van der Waals surface area contributed by atoms with Gasteiger partial charge in [0.2, 0.25) is 5.95 Å². The molecule has 0 bridgehead atoms. The largest absolute Gasteiger partial charge is 0.347 e. The normalized spacial score (nSPS) is 11.0. The van der Waals surface area contributed by atoms with Crippen LogP contribution < -0.4 is 4.90 Å². The van der Waals surface area contributed by atoms with Crippen LogP contribution >= 0.6 is 0 Å². The maximum Gasteiger partial charge on any atom is 0.223 e. The van der Waals surface area contributed by atoms with Crippen molar-refractivity contribution in [3.8, 4) is 11.4 Å². The molecule has 0 N–H and O–H groups in total. The van der Waals surface area contributed by atoms with E-state index in [2.05, 4.69) is 15.1 Å². The first kappa shape index (κ1) is 13.5. The molecule has 6 heteroatoms. The third kappa shape index (κ3) is 2.22. The lowest BCUT2D eigenvalue weighted by atomic mass is 10.1. The molecule has 0 aliphatic carbocycles. The quantitative estimate of drug-likeness (QED) is 0.742. The van der Waals surface area contributed by atoms with E-state index < -0.39 is 0 Å². The lowest BCUT2D eigenvalue weighted by Gasteiger charge is -2.10. The molecule has 0 unspecified atom stereocenters. The summed E-state index contributed by atoms with van der Waals surface area (Å²) in [5.41, 5.74) is 1.32. The van der Waals surface area contributed by atoms with Crippen molar-refractivity contribution in [1.29, 1.82) is 0 Å². The summed E-state index contributed by atoms with van der Waals surface area (Å²) in [4.78, 5) is 10.7. The van der Waals surface area contributed by atoms with Gasteiger partial charge in [0.1, 0.15) is 5.82 Å². The van der Waals surface area contributed by atoms with E-state index in [9.17, 15) is 4.39 Å². The molecule has 0 fully saturated rings. The van der Waals surface area contributed by atoms with Crippen LogP contribution in [0.15, 0.2) is 30.5 Å². The van der Waals surface area contributed by atoms with Crippen LogP contribution in [0, 0.1) is 5.82 Å². The van der Waals surface area contributed by atoms with Gasteiger partial charge in [0.05, 0.1) is 5.52 Å². The molecule has 0 aliphatic heterocycles. The van der Waals surface area contributed by atoms with Crippen LogP contribution in [-0.4, -0.2) is 33.8 Å². The van der Waals surface area contributed by atoms with Crippen LogP contribution in [0.5, 0.6) is 0 Å². The minimum atomic E-state index is -0.287. The number of pyridine rings is 1. The average Bonchev–Trinajstić information content (AvgIpc) is 2.92. The smallest absolute Gasteiger partial charge is 0.223 e. The van der Waals surface area contributed by atoms with Gasteiger partial charge >= 0.3 is 0 Å². The van der Waals surface area contributed by atoms with Crippen LogP contribution in [0.3, 0.4) is 0 Å². The van der Waals surface area contributed by atoms with Gasteiger partial charge in [0, 0.05) is 37.8 Å². The topological polar surface area (TPSA) is 46.8 Å². The van der Waals surface area contributed by atoms with E-state index in [-0.39, 0.29) is 5.82 Å². The number of aromatic nitrogens is 4. The van der Waals surface area contributed by atoms with Gasteiger partial charge in [0.25, 0.3) is 0 Å². The highest BCUT2D eigenvalue weighted by Crippen LogP contribution is 2.27. The van der Waals surface area contributed by atoms with Crippen LogP contribution in [0.4, 0.5) is 10.3 Å². The fourth-order valence-corrected chi connectivity index (χ4v) is 2.31. The standard InChI is InChI=1S/C15H16FN5/c1-4-21-15(20(2)3)18-14(19-21)11-7-8-12(16)10-6-5-9-17-13(10)11/h5-9H,4H2,1-3H3. The highest BCUT2D eigenvalue weighted by atomic mass is 19.1. The summed E-state index contributed by atoms with van der Waals surface area (Å²) >= 11 is 0. The predicted molar refractivity (Wildman–Crippen MR) is 80.7 cm³/mol. The molecular formula is C15H16FN5. The highest BCUT2D eigenvalue weighted by Gasteiger charge is 2.16. The molecule has 0 aliphatic rings. The van der Waals surface area contributed by atoms with E-state index in [0.717, 1.165) is 11.5 Å². The van der Waals surface area contributed by atoms with Crippen LogP contribution in [0.1, 0.15) is 6.92 Å². The zero-order valence-electron chi connectivity index (χ0n) is 12.2. The second-order valence-corrected chi connectivity index (χ2v) is 4.94. The Kier molecular flexibility index (Phi) is 3.29. The highest BCUT2D eigenvalue weighted by molar-refractivity contribution is 5.92. The number of aryl methyl sites for hydroxylation is 1. The molecule has 0 amide bonds. The van der Waals surface area contributed by atoms with Crippen LogP contribution in [0.2, 0.25) is 0 Å². The van der Waals surface area contributed by atoms with Gasteiger partial charge in [-0.05, 0) is 31.2 Å². The maximum absolute atomic E-state index is 13.9. The van der Waals surface area contributed by atoms with Gasteiger partial charge in [-0.2, -0.15) is 4.98 Å². The lowest BCUT2D eigenvalue weighted by molar-refractivity contribution is 0.639. The Labute approximate surface area is 122 Å². The monoisotopic (exact) mass is 285 g/mol. The van der Waals surface area contributed by atoms with Gasteiger partial charge in [0.15, 0.2) is 5.82 Å². The van der Waals surface area contributed by atoms with Crippen molar-refractivity contribution in [3.05, 3.63) is 36.3 Å². The third-order valence-corrected chi connectivity index (χ3v) is 3.31. The van der Waals surface area contributed by atoms with Gasteiger partial charge in [-0.15, -0.1) is 5.10 Å². The van der Waals surface area contributed by atoms with Crippen LogP contribution in [-0.2, 0) is 6.54 Å². The Morgan fingerprint density at radius 2 is 2.05 bits per heavy atom. The number of hydrogen-bond donors (Lipinski definition) is 0. The SMILES string of the molecule is CCn1nc(-c2ccc(F)c3cccnc23)nc1N(C)C. The number of benzene rings is 1. The fourth-order valence-electron chi connectivity index (χ4n) is 2.31. The zero-order chi connectivity index (χ0) is 15.0. The second-order valence-electron chi connectivity index (χ2n) is 4.94. The van der Waals surface area contributed by atoms with Crippen molar-refractivity contribution >= 4 is 16.9 Å². The Balaban J connectivity index is 2.24. The molecule has 1 aromatic carbocycles. The number of rotatable bonds is 3. The van der Waals surface area contributed by atoms with E-state index >= 15 is 0 Å². The number of fused-ring (bicyclic) bond motifs is 1. The zero-order valence-corrected chi connectivity index (χ0v) is 12.2. The van der Waals surface area contributed by atoms with E-state index in [0.29, 0.717) is 23.3 Å². The van der Waals surface area contributed by atoms with Crippen molar-refractivity contribution in [2.75, 3.05) is 19.0 Å². The van der Waals surface area contributed by atoms with Crippen molar-refractivity contribution in [2.24, 2.45) is 0 Å². The van der Waals surface area contributed by atoms with Crippen LogP contribution in [0.25, 0.3) is 22.3 Å². The molecule has 2 heterocycles. The van der Waals surface area contributed by atoms with Gasteiger partial charge in [-0.1, -0.05) is 0 Å². The second kappa shape index (κ2) is 5.12. The molecule has 2 aromatic heterocycles. The van der Waals surface area contributed by atoms with E-state index in [1.807, 2.05) is 30.6 Å². The van der Waals surface area contributed by atoms with Crippen molar-refractivity contribution in [2.45, 2.75) is 13.5 Å². The summed E-state index contributed by atoms with van der Waals surface area (Å²) in [7, 11) is 3.84. The minimum Gasteiger partial charge on any atom is -0.347 e. The van der Waals surface area contributed by atoms with E-state index in [4.69, 9.17) is 0 Å². The number of nitrogens with zero attached hydrogens (tertiary/aromatic N) is 5. The summed E-state index contributed by atoms with van der Waals surface area (Å²) in [6.45, 7) is 2.72. The first-order valence-electron chi connectivity index (χ1n) is 6.77. The average molecular weight is 285 g/mol. The molecular weight excluding hydrogens is 269 g/mol. The third-order valence-electron chi connectivity index (χ3n) is 3.31. The van der Waals surface area contributed by atoms with Gasteiger partial charge in [-0.25, -0.2) is 9.07 Å².